The van der Waals surface area contributed by atoms with E-state index in [0.717, 1.165) is 17.0 Å². The van der Waals surface area contributed by atoms with Gasteiger partial charge in [-0.15, -0.1) is 11.3 Å². The first-order valence-corrected chi connectivity index (χ1v) is 10.3. The molecule has 0 amide bonds. The molecular weight excluding hydrogens is 392 g/mol. The summed E-state index contributed by atoms with van der Waals surface area (Å²) < 4.78 is 59.9. The Morgan fingerprint density at radius 3 is 2.33 bits per heavy atom. The van der Waals surface area contributed by atoms with Crippen molar-refractivity contribution in [1.82, 2.24) is 4.31 Å². The summed E-state index contributed by atoms with van der Waals surface area (Å²) >= 11 is 1.40. The van der Waals surface area contributed by atoms with Crippen LogP contribution in [0.3, 0.4) is 0 Å². The third kappa shape index (κ3) is 4.52. The molecule has 0 saturated carbocycles. The third-order valence-electron chi connectivity index (χ3n) is 3.93. The number of ether oxygens (including phenoxy) is 1. The molecule has 0 saturated heterocycles. The van der Waals surface area contributed by atoms with Crippen molar-refractivity contribution in [3.05, 3.63) is 82.1 Å². The molecule has 0 radical (unpaired) electrons. The Morgan fingerprint density at radius 2 is 1.70 bits per heavy atom. The summed E-state index contributed by atoms with van der Waals surface area (Å²) in [6.07, 6.45) is 0. The predicted octanol–water partition coefficient (Wildman–Crippen LogP) is 4.43. The molecule has 8 heteroatoms. The van der Waals surface area contributed by atoms with Crippen LogP contribution in [-0.4, -0.2) is 19.8 Å². The standard InChI is InChI=1S/C19H17F2NO3S2/c1-25-19-7-3-2-5-14(19)12-22(13-17-6-4-8-26-17)27(23,24)18-10-15(20)9-16(21)11-18/h2-11H,12-13H2,1H3. The molecule has 27 heavy (non-hydrogen) atoms. The highest BCUT2D eigenvalue weighted by atomic mass is 32.2. The molecule has 0 spiro atoms. The Morgan fingerprint density at radius 1 is 1.00 bits per heavy atom. The normalized spacial score (nSPS) is 11.7. The zero-order valence-electron chi connectivity index (χ0n) is 14.4. The van der Waals surface area contributed by atoms with Crippen molar-refractivity contribution < 1.29 is 21.9 Å². The molecule has 0 atom stereocenters. The number of thiophene rings is 1. The van der Waals surface area contributed by atoms with Crippen LogP contribution >= 0.6 is 11.3 Å². The van der Waals surface area contributed by atoms with Crippen LogP contribution < -0.4 is 4.74 Å². The van der Waals surface area contributed by atoms with Gasteiger partial charge in [0.1, 0.15) is 17.4 Å². The van der Waals surface area contributed by atoms with E-state index in [4.69, 9.17) is 4.74 Å². The first-order chi connectivity index (χ1) is 12.9. The van der Waals surface area contributed by atoms with E-state index in [-0.39, 0.29) is 13.1 Å². The topological polar surface area (TPSA) is 46.6 Å². The first-order valence-electron chi connectivity index (χ1n) is 8.00. The largest absolute Gasteiger partial charge is 0.496 e. The lowest BCUT2D eigenvalue weighted by Crippen LogP contribution is -2.30. The zero-order chi connectivity index (χ0) is 19.4. The minimum absolute atomic E-state index is 0.00236. The molecule has 4 nitrogen and oxygen atoms in total. The number of methoxy groups -OCH3 is 1. The van der Waals surface area contributed by atoms with Crippen molar-refractivity contribution in [3.63, 3.8) is 0 Å². The fourth-order valence-corrected chi connectivity index (χ4v) is 4.89. The van der Waals surface area contributed by atoms with Crippen LogP contribution in [0.1, 0.15) is 10.4 Å². The van der Waals surface area contributed by atoms with Gasteiger partial charge in [0.25, 0.3) is 0 Å². The van der Waals surface area contributed by atoms with E-state index in [1.165, 1.54) is 22.8 Å². The summed E-state index contributed by atoms with van der Waals surface area (Å²) in [6.45, 7) is 0.0819. The van der Waals surface area contributed by atoms with Gasteiger partial charge in [-0.1, -0.05) is 24.3 Å². The maximum atomic E-state index is 13.6. The van der Waals surface area contributed by atoms with Gasteiger partial charge < -0.3 is 4.74 Å². The van der Waals surface area contributed by atoms with Crippen LogP contribution in [0.5, 0.6) is 5.75 Å². The second-order valence-electron chi connectivity index (χ2n) is 5.77. The number of para-hydroxylation sites is 1. The lowest BCUT2D eigenvalue weighted by atomic mass is 10.2. The van der Waals surface area contributed by atoms with Gasteiger partial charge in [0, 0.05) is 29.6 Å². The molecule has 1 heterocycles. The maximum absolute atomic E-state index is 13.6. The molecule has 0 aliphatic heterocycles. The number of rotatable bonds is 7. The van der Waals surface area contributed by atoms with Gasteiger partial charge in [0.2, 0.25) is 10.0 Å². The van der Waals surface area contributed by atoms with E-state index in [1.807, 2.05) is 17.5 Å². The minimum Gasteiger partial charge on any atom is -0.496 e. The van der Waals surface area contributed by atoms with Crippen molar-refractivity contribution in [2.75, 3.05) is 7.11 Å². The summed E-state index contributed by atoms with van der Waals surface area (Å²) in [7, 11) is -2.64. The van der Waals surface area contributed by atoms with Crippen LogP contribution in [0.15, 0.2) is 64.9 Å². The van der Waals surface area contributed by atoms with Crippen LogP contribution in [-0.2, 0) is 23.1 Å². The Balaban J connectivity index is 2.03. The number of sulfonamides is 1. The van der Waals surface area contributed by atoms with E-state index in [2.05, 4.69) is 0 Å². The molecular formula is C19H17F2NO3S2. The van der Waals surface area contributed by atoms with Gasteiger partial charge in [-0.3, -0.25) is 0 Å². The summed E-state index contributed by atoms with van der Waals surface area (Å²) in [5, 5.41) is 1.84. The van der Waals surface area contributed by atoms with E-state index in [9.17, 15) is 17.2 Å². The van der Waals surface area contributed by atoms with Crippen molar-refractivity contribution in [1.29, 1.82) is 0 Å². The van der Waals surface area contributed by atoms with Gasteiger partial charge in [0.15, 0.2) is 0 Å². The summed E-state index contributed by atoms with van der Waals surface area (Å²) in [5.41, 5.74) is 0.650. The van der Waals surface area contributed by atoms with Crippen LogP contribution in [0.2, 0.25) is 0 Å². The summed E-state index contributed by atoms with van der Waals surface area (Å²) in [5.74, 6) is -1.35. The number of hydrogen-bond donors (Lipinski definition) is 0. The van der Waals surface area contributed by atoms with Gasteiger partial charge in [-0.2, -0.15) is 4.31 Å². The highest BCUT2D eigenvalue weighted by Crippen LogP contribution is 2.27. The molecule has 0 aliphatic rings. The molecule has 3 aromatic rings. The van der Waals surface area contributed by atoms with E-state index >= 15 is 0 Å². The number of hydrogen-bond acceptors (Lipinski definition) is 4. The zero-order valence-corrected chi connectivity index (χ0v) is 16.1. The van der Waals surface area contributed by atoms with Crippen LogP contribution in [0, 0.1) is 11.6 Å². The smallest absolute Gasteiger partial charge is 0.243 e. The number of nitrogens with zero attached hydrogens (tertiary/aromatic N) is 1. The minimum atomic E-state index is -4.14. The van der Waals surface area contributed by atoms with E-state index in [0.29, 0.717) is 17.4 Å². The molecule has 1 aromatic heterocycles. The molecule has 0 aliphatic carbocycles. The molecule has 0 N–H and O–H groups in total. The van der Waals surface area contributed by atoms with Crippen molar-refractivity contribution in [3.8, 4) is 5.75 Å². The lowest BCUT2D eigenvalue weighted by molar-refractivity contribution is 0.377. The fraction of sp³-hybridized carbons (Fsp3) is 0.158. The fourth-order valence-electron chi connectivity index (χ4n) is 2.65. The Bertz CT molecular complexity index is 1000. The molecule has 2 aromatic carbocycles. The Hall–Kier alpha value is -2.29. The van der Waals surface area contributed by atoms with Gasteiger partial charge in [-0.05, 0) is 29.6 Å². The molecule has 0 bridgehead atoms. The Kier molecular flexibility index (Phi) is 5.88. The second kappa shape index (κ2) is 8.16. The Labute approximate surface area is 160 Å². The van der Waals surface area contributed by atoms with Crippen LogP contribution in [0.25, 0.3) is 0 Å². The van der Waals surface area contributed by atoms with Crippen molar-refractivity contribution >= 4 is 21.4 Å². The highest BCUT2D eigenvalue weighted by molar-refractivity contribution is 7.89. The average molecular weight is 409 g/mol. The monoisotopic (exact) mass is 409 g/mol. The van der Waals surface area contributed by atoms with Crippen molar-refractivity contribution in [2.45, 2.75) is 18.0 Å². The molecule has 0 fully saturated rings. The number of benzene rings is 2. The molecule has 3 rings (SSSR count). The SMILES string of the molecule is COc1ccccc1CN(Cc1cccs1)S(=O)(=O)c1cc(F)cc(F)c1. The van der Waals surface area contributed by atoms with Crippen molar-refractivity contribution in [2.24, 2.45) is 0 Å². The maximum Gasteiger partial charge on any atom is 0.243 e. The van der Waals surface area contributed by atoms with Crippen LogP contribution in [0.4, 0.5) is 8.78 Å². The quantitative estimate of drug-likeness (QED) is 0.580. The van der Waals surface area contributed by atoms with E-state index in [1.54, 1.807) is 24.3 Å². The van der Waals surface area contributed by atoms with Gasteiger partial charge >= 0.3 is 0 Å². The summed E-state index contributed by atoms with van der Waals surface area (Å²) in [4.78, 5) is 0.386. The molecule has 0 unspecified atom stereocenters. The summed E-state index contributed by atoms with van der Waals surface area (Å²) in [6, 6.07) is 12.9. The highest BCUT2D eigenvalue weighted by Gasteiger charge is 2.27. The third-order valence-corrected chi connectivity index (χ3v) is 6.56. The second-order valence-corrected chi connectivity index (χ2v) is 8.74. The van der Waals surface area contributed by atoms with Gasteiger partial charge in [-0.25, -0.2) is 17.2 Å². The van der Waals surface area contributed by atoms with E-state index < -0.39 is 26.6 Å². The number of halogens is 2. The van der Waals surface area contributed by atoms with Gasteiger partial charge in [0.05, 0.1) is 12.0 Å². The first kappa shape index (κ1) is 19.5. The molecule has 142 valence electrons. The lowest BCUT2D eigenvalue weighted by Gasteiger charge is -2.23. The average Bonchev–Trinajstić information content (AvgIpc) is 3.14. The predicted molar refractivity (Wildman–Crippen MR) is 100 cm³/mol.